The van der Waals surface area contributed by atoms with Gasteiger partial charge < -0.3 is 9.53 Å². The Morgan fingerprint density at radius 3 is 2.35 bits per heavy atom. The van der Waals surface area contributed by atoms with E-state index >= 15 is 0 Å². The highest BCUT2D eigenvalue weighted by Gasteiger charge is 2.39. The van der Waals surface area contributed by atoms with Gasteiger partial charge in [-0.25, -0.2) is 0 Å². The Labute approximate surface area is 125 Å². The topological polar surface area (TPSA) is 46.5 Å². The molecular formula is C16H32O3Si. The van der Waals surface area contributed by atoms with Gasteiger partial charge in [0.25, 0.3) is 0 Å². The van der Waals surface area contributed by atoms with Gasteiger partial charge in [-0.15, -0.1) is 6.58 Å². The third-order valence-electron chi connectivity index (χ3n) is 4.30. The summed E-state index contributed by atoms with van der Waals surface area (Å²) < 4.78 is 6.50. The van der Waals surface area contributed by atoms with Crippen LogP contribution in [0.4, 0.5) is 0 Å². The molecule has 0 fully saturated rings. The van der Waals surface area contributed by atoms with E-state index in [1.165, 1.54) is 0 Å². The molecule has 0 unspecified atom stereocenters. The molecule has 3 nitrogen and oxygen atoms in total. The molecule has 2 atom stereocenters. The van der Waals surface area contributed by atoms with Crippen molar-refractivity contribution in [3.63, 3.8) is 0 Å². The average Bonchev–Trinajstić information content (AvgIpc) is 2.25. The second-order valence-corrected chi connectivity index (χ2v) is 12.0. The Bertz CT molecular complexity index is 318. The summed E-state index contributed by atoms with van der Waals surface area (Å²) in [4.78, 5) is 10.7. The molecule has 0 aromatic heterocycles. The summed E-state index contributed by atoms with van der Waals surface area (Å²) in [7, 11) is -1.82. The van der Waals surface area contributed by atoms with Gasteiger partial charge in [0.15, 0.2) is 8.32 Å². The van der Waals surface area contributed by atoms with Crippen LogP contribution in [0.2, 0.25) is 18.1 Å². The van der Waals surface area contributed by atoms with Gasteiger partial charge in [-0.05, 0) is 43.3 Å². The fourth-order valence-corrected chi connectivity index (χ4v) is 3.34. The van der Waals surface area contributed by atoms with Gasteiger partial charge in [-0.1, -0.05) is 33.8 Å². The number of hydrogen-bond acceptors (Lipinski definition) is 2. The Morgan fingerprint density at radius 2 is 1.95 bits per heavy atom. The van der Waals surface area contributed by atoms with Crippen LogP contribution in [0.15, 0.2) is 12.7 Å². The van der Waals surface area contributed by atoms with Gasteiger partial charge in [0.1, 0.15) is 0 Å². The van der Waals surface area contributed by atoms with Crippen molar-refractivity contribution in [1.29, 1.82) is 0 Å². The second-order valence-electron chi connectivity index (χ2n) is 7.20. The van der Waals surface area contributed by atoms with E-state index in [0.717, 1.165) is 12.8 Å². The van der Waals surface area contributed by atoms with Crippen LogP contribution in [0, 0.1) is 5.92 Å². The minimum Gasteiger partial charge on any atom is -0.481 e. The Hall–Kier alpha value is -0.613. The van der Waals surface area contributed by atoms with Crippen LogP contribution in [0.3, 0.4) is 0 Å². The molecular weight excluding hydrogens is 268 g/mol. The van der Waals surface area contributed by atoms with Crippen molar-refractivity contribution in [2.75, 3.05) is 0 Å². The maximum absolute atomic E-state index is 10.7. The molecule has 0 spiro atoms. The zero-order valence-corrected chi connectivity index (χ0v) is 15.0. The predicted molar refractivity (Wildman–Crippen MR) is 87.5 cm³/mol. The highest BCUT2D eigenvalue weighted by atomic mass is 28.4. The molecule has 0 amide bonds. The summed E-state index contributed by atoms with van der Waals surface area (Å²) in [6, 6.07) is 0. The smallest absolute Gasteiger partial charge is 0.303 e. The molecule has 118 valence electrons. The van der Waals surface area contributed by atoms with Crippen molar-refractivity contribution in [2.24, 2.45) is 5.92 Å². The van der Waals surface area contributed by atoms with E-state index in [4.69, 9.17) is 9.53 Å². The first-order chi connectivity index (χ1) is 9.01. The zero-order valence-electron chi connectivity index (χ0n) is 14.0. The van der Waals surface area contributed by atoms with E-state index in [-0.39, 0.29) is 17.6 Å². The number of carboxylic acids is 1. The van der Waals surface area contributed by atoms with Gasteiger partial charge in [0.2, 0.25) is 0 Å². The first-order valence-electron chi connectivity index (χ1n) is 7.51. The highest BCUT2D eigenvalue weighted by Crippen LogP contribution is 2.39. The third kappa shape index (κ3) is 6.71. The van der Waals surface area contributed by atoms with E-state index in [1.54, 1.807) is 0 Å². The van der Waals surface area contributed by atoms with Crippen molar-refractivity contribution in [1.82, 2.24) is 0 Å². The van der Waals surface area contributed by atoms with Gasteiger partial charge in [-0.3, -0.25) is 4.79 Å². The molecule has 4 heteroatoms. The summed E-state index contributed by atoms with van der Waals surface area (Å²) in [6.07, 6.45) is 4.67. The molecule has 0 aliphatic heterocycles. The molecule has 0 aliphatic carbocycles. The lowest BCUT2D eigenvalue weighted by Gasteiger charge is -2.41. The van der Waals surface area contributed by atoms with Crippen molar-refractivity contribution in [2.45, 2.75) is 77.6 Å². The summed E-state index contributed by atoms with van der Waals surface area (Å²) >= 11 is 0. The number of hydrogen-bond donors (Lipinski definition) is 1. The summed E-state index contributed by atoms with van der Waals surface area (Å²) in [6.45, 7) is 17.1. The van der Waals surface area contributed by atoms with Crippen molar-refractivity contribution in [3.8, 4) is 0 Å². The molecule has 0 rings (SSSR count). The Morgan fingerprint density at radius 1 is 1.40 bits per heavy atom. The maximum Gasteiger partial charge on any atom is 0.303 e. The maximum atomic E-state index is 10.7. The monoisotopic (exact) mass is 300 g/mol. The van der Waals surface area contributed by atoms with Crippen LogP contribution >= 0.6 is 0 Å². The van der Waals surface area contributed by atoms with Gasteiger partial charge in [-0.2, -0.15) is 0 Å². The van der Waals surface area contributed by atoms with Crippen molar-refractivity contribution < 1.29 is 14.3 Å². The average molecular weight is 301 g/mol. The standard InChI is InChI=1S/C16H32O3Si/c1-8-10-13(2)14(11-9-12-15(17)18)19-20(6,7)16(3,4)5/h8,13-14H,1,9-12H2,2-7H3,(H,17,18)/t13-,14-/m0/s1. The van der Waals surface area contributed by atoms with E-state index in [2.05, 4.69) is 47.4 Å². The molecule has 0 aliphatic rings. The molecule has 0 bridgehead atoms. The molecule has 0 saturated carbocycles. The molecule has 0 heterocycles. The third-order valence-corrected chi connectivity index (χ3v) is 8.81. The number of aliphatic carboxylic acids is 1. The lowest BCUT2D eigenvalue weighted by molar-refractivity contribution is -0.137. The van der Waals surface area contributed by atoms with Gasteiger partial charge in [0.05, 0.1) is 0 Å². The molecule has 0 saturated heterocycles. The quantitative estimate of drug-likeness (QED) is 0.489. The molecule has 0 radical (unpaired) electrons. The minimum absolute atomic E-state index is 0.133. The first-order valence-corrected chi connectivity index (χ1v) is 10.4. The fraction of sp³-hybridized carbons (Fsp3) is 0.812. The molecule has 0 aromatic rings. The highest BCUT2D eigenvalue weighted by molar-refractivity contribution is 6.74. The predicted octanol–water partition coefficient (Wildman–Crippen LogP) is 4.84. The lowest BCUT2D eigenvalue weighted by Crippen LogP contribution is -2.45. The van der Waals surface area contributed by atoms with Crippen LogP contribution in [-0.4, -0.2) is 25.5 Å². The van der Waals surface area contributed by atoms with E-state index in [0.29, 0.717) is 12.3 Å². The minimum atomic E-state index is -1.82. The summed E-state index contributed by atoms with van der Waals surface area (Å²) in [5.74, 6) is -0.345. The van der Waals surface area contributed by atoms with Crippen molar-refractivity contribution >= 4 is 14.3 Å². The summed E-state index contributed by atoms with van der Waals surface area (Å²) in [5, 5.41) is 8.95. The SMILES string of the molecule is C=CC[C@H](C)[C@H](CCCC(=O)O)O[Si](C)(C)C(C)(C)C. The fourth-order valence-electron chi connectivity index (χ4n) is 1.88. The van der Waals surface area contributed by atoms with Crippen LogP contribution < -0.4 is 0 Å². The first kappa shape index (κ1) is 19.4. The van der Waals surface area contributed by atoms with E-state index < -0.39 is 14.3 Å². The van der Waals surface area contributed by atoms with E-state index in [9.17, 15) is 4.79 Å². The normalized spacial score (nSPS) is 15.7. The molecule has 1 N–H and O–H groups in total. The Kier molecular flexibility index (Phi) is 7.74. The number of rotatable bonds is 9. The van der Waals surface area contributed by atoms with Crippen LogP contribution in [0.1, 0.15) is 53.4 Å². The van der Waals surface area contributed by atoms with E-state index in [1.807, 2.05) is 6.08 Å². The van der Waals surface area contributed by atoms with Crippen LogP contribution in [-0.2, 0) is 9.22 Å². The largest absolute Gasteiger partial charge is 0.481 e. The second kappa shape index (κ2) is 7.98. The van der Waals surface area contributed by atoms with Gasteiger partial charge >= 0.3 is 5.97 Å². The summed E-state index contributed by atoms with van der Waals surface area (Å²) in [5.41, 5.74) is 0. The molecule has 0 aromatic carbocycles. The number of carbonyl (C=O) groups is 1. The number of carboxylic acid groups (broad SMARTS) is 1. The lowest BCUT2D eigenvalue weighted by atomic mass is 9.96. The zero-order chi connectivity index (χ0) is 16.0. The Balaban J connectivity index is 4.76. The van der Waals surface area contributed by atoms with Gasteiger partial charge in [0, 0.05) is 12.5 Å². The molecule has 20 heavy (non-hydrogen) atoms. The van der Waals surface area contributed by atoms with Crippen LogP contribution in [0.25, 0.3) is 0 Å². The van der Waals surface area contributed by atoms with Crippen LogP contribution in [0.5, 0.6) is 0 Å². The number of allylic oxidation sites excluding steroid dienone is 1. The van der Waals surface area contributed by atoms with Crippen molar-refractivity contribution in [3.05, 3.63) is 12.7 Å².